The van der Waals surface area contributed by atoms with Gasteiger partial charge in [0.1, 0.15) is 0 Å². The van der Waals surface area contributed by atoms with Crippen LogP contribution in [0.4, 0.5) is 0 Å². The third-order valence-corrected chi connectivity index (χ3v) is 3.92. The van der Waals surface area contributed by atoms with Crippen molar-refractivity contribution in [2.24, 2.45) is 17.6 Å². The van der Waals surface area contributed by atoms with Crippen molar-refractivity contribution in [2.45, 2.75) is 46.5 Å². The van der Waals surface area contributed by atoms with Gasteiger partial charge in [0, 0.05) is 0 Å². The summed E-state index contributed by atoms with van der Waals surface area (Å²) in [4.78, 5) is 0. The second-order valence-electron chi connectivity index (χ2n) is 5.15. The van der Waals surface area contributed by atoms with Gasteiger partial charge in [0.15, 0.2) is 0 Å². The lowest BCUT2D eigenvalue weighted by atomic mass is 9.86. The maximum Gasteiger partial charge on any atom is -0.00456 e. The van der Waals surface area contributed by atoms with Crippen molar-refractivity contribution in [1.29, 1.82) is 0 Å². The van der Waals surface area contributed by atoms with Gasteiger partial charge in [-0.2, -0.15) is 0 Å². The maximum atomic E-state index is 5.93. The third-order valence-electron chi connectivity index (χ3n) is 3.92. The van der Waals surface area contributed by atoms with Gasteiger partial charge in [-0.15, -0.1) is 0 Å². The Balaban J connectivity index is 2.61. The Morgan fingerprint density at radius 1 is 1.06 bits per heavy atom. The highest BCUT2D eigenvalue weighted by Crippen LogP contribution is 2.22. The molecule has 0 spiro atoms. The predicted octanol–water partition coefficient (Wildman–Crippen LogP) is 3.94. The fourth-order valence-corrected chi connectivity index (χ4v) is 2.51. The van der Waals surface area contributed by atoms with Gasteiger partial charge in [-0.3, -0.25) is 0 Å². The quantitative estimate of drug-likeness (QED) is 0.758. The summed E-state index contributed by atoms with van der Waals surface area (Å²) in [5, 5.41) is 0. The molecular formula is C16H27N. The summed E-state index contributed by atoms with van der Waals surface area (Å²) in [5.41, 5.74) is 8.79. The van der Waals surface area contributed by atoms with E-state index < -0.39 is 0 Å². The summed E-state index contributed by atoms with van der Waals surface area (Å²) in [5.74, 6) is 1.48. The summed E-state index contributed by atoms with van der Waals surface area (Å²) in [6, 6.07) is 8.68. The van der Waals surface area contributed by atoms with Gasteiger partial charge in [0.05, 0.1) is 0 Å². The lowest BCUT2D eigenvalue weighted by Crippen LogP contribution is -2.20. The molecule has 0 radical (unpaired) electrons. The number of hydrogen-bond donors (Lipinski definition) is 1. The SMILES string of the molecule is CCC(CC)CC(CN)Cc1ccccc1C. The van der Waals surface area contributed by atoms with Gasteiger partial charge in [0.2, 0.25) is 0 Å². The molecule has 1 aromatic carbocycles. The number of hydrogen-bond acceptors (Lipinski definition) is 1. The van der Waals surface area contributed by atoms with E-state index in [4.69, 9.17) is 5.73 Å². The zero-order valence-corrected chi connectivity index (χ0v) is 11.6. The highest BCUT2D eigenvalue weighted by molar-refractivity contribution is 5.25. The molecule has 0 saturated heterocycles. The minimum Gasteiger partial charge on any atom is -0.330 e. The van der Waals surface area contributed by atoms with E-state index in [-0.39, 0.29) is 0 Å². The second kappa shape index (κ2) is 7.50. The van der Waals surface area contributed by atoms with E-state index in [1.165, 1.54) is 30.4 Å². The Labute approximate surface area is 106 Å². The molecule has 0 aliphatic heterocycles. The van der Waals surface area contributed by atoms with Crippen LogP contribution in [-0.2, 0) is 6.42 Å². The Hall–Kier alpha value is -0.820. The lowest BCUT2D eigenvalue weighted by Gasteiger charge is -2.21. The fraction of sp³-hybridized carbons (Fsp3) is 0.625. The first-order valence-corrected chi connectivity index (χ1v) is 6.95. The first-order valence-electron chi connectivity index (χ1n) is 6.95. The van der Waals surface area contributed by atoms with Crippen LogP contribution in [-0.4, -0.2) is 6.54 Å². The summed E-state index contributed by atoms with van der Waals surface area (Å²) >= 11 is 0. The van der Waals surface area contributed by atoms with Crippen molar-refractivity contribution in [1.82, 2.24) is 0 Å². The molecule has 1 heteroatoms. The molecule has 1 rings (SSSR count). The third kappa shape index (κ3) is 4.51. The van der Waals surface area contributed by atoms with Crippen LogP contribution in [0.15, 0.2) is 24.3 Å². The number of aryl methyl sites for hydroxylation is 1. The maximum absolute atomic E-state index is 5.93. The first-order chi connectivity index (χ1) is 8.21. The minimum atomic E-state index is 0.640. The van der Waals surface area contributed by atoms with E-state index in [1.54, 1.807) is 0 Å². The largest absolute Gasteiger partial charge is 0.330 e. The van der Waals surface area contributed by atoms with E-state index in [1.807, 2.05) is 0 Å². The van der Waals surface area contributed by atoms with E-state index in [0.29, 0.717) is 5.92 Å². The van der Waals surface area contributed by atoms with Crippen LogP contribution < -0.4 is 5.73 Å². The Morgan fingerprint density at radius 2 is 1.71 bits per heavy atom. The molecule has 0 aliphatic rings. The van der Waals surface area contributed by atoms with E-state index in [9.17, 15) is 0 Å². The molecule has 1 aromatic rings. The fourth-order valence-electron chi connectivity index (χ4n) is 2.51. The number of nitrogens with two attached hydrogens (primary N) is 1. The predicted molar refractivity (Wildman–Crippen MR) is 76.1 cm³/mol. The molecule has 0 aromatic heterocycles. The minimum absolute atomic E-state index is 0.640. The Kier molecular flexibility index (Phi) is 6.28. The molecule has 2 N–H and O–H groups in total. The van der Waals surface area contributed by atoms with Crippen molar-refractivity contribution in [3.8, 4) is 0 Å². The summed E-state index contributed by atoms with van der Waals surface area (Å²) in [6.45, 7) is 7.58. The normalized spacial score (nSPS) is 13.0. The smallest absolute Gasteiger partial charge is 0.00456 e. The van der Waals surface area contributed by atoms with Crippen LogP contribution in [0.25, 0.3) is 0 Å². The van der Waals surface area contributed by atoms with Gasteiger partial charge in [0.25, 0.3) is 0 Å². The molecular weight excluding hydrogens is 206 g/mol. The first kappa shape index (κ1) is 14.2. The van der Waals surface area contributed by atoms with E-state index >= 15 is 0 Å². The molecule has 0 aliphatic carbocycles. The van der Waals surface area contributed by atoms with Gasteiger partial charge >= 0.3 is 0 Å². The van der Waals surface area contributed by atoms with Gasteiger partial charge in [-0.1, -0.05) is 51.0 Å². The zero-order chi connectivity index (χ0) is 12.7. The summed E-state index contributed by atoms with van der Waals surface area (Å²) in [6.07, 6.45) is 4.97. The van der Waals surface area contributed by atoms with Crippen LogP contribution in [0.3, 0.4) is 0 Å². The molecule has 96 valence electrons. The zero-order valence-electron chi connectivity index (χ0n) is 11.6. The molecule has 17 heavy (non-hydrogen) atoms. The average Bonchev–Trinajstić information content (AvgIpc) is 2.36. The monoisotopic (exact) mass is 233 g/mol. The van der Waals surface area contributed by atoms with Crippen molar-refractivity contribution in [3.63, 3.8) is 0 Å². The topological polar surface area (TPSA) is 26.0 Å². The summed E-state index contributed by atoms with van der Waals surface area (Å²) in [7, 11) is 0. The summed E-state index contributed by atoms with van der Waals surface area (Å²) < 4.78 is 0. The molecule has 0 bridgehead atoms. The average molecular weight is 233 g/mol. The van der Waals surface area contributed by atoms with E-state index in [0.717, 1.165) is 18.9 Å². The molecule has 1 nitrogen and oxygen atoms in total. The standard InChI is InChI=1S/C16H27N/c1-4-14(5-2)10-15(12-17)11-16-9-7-6-8-13(16)3/h6-9,14-15H,4-5,10-12,17H2,1-3H3. The Bertz CT molecular complexity index is 315. The number of benzene rings is 1. The molecule has 0 heterocycles. The van der Waals surface area contributed by atoms with Crippen LogP contribution in [0.5, 0.6) is 0 Å². The van der Waals surface area contributed by atoms with Crippen molar-refractivity contribution in [2.75, 3.05) is 6.54 Å². The van der Waals surface area contributed by atoms with Crippen molar-refractivity contribution >= 4 is 0 Å². The van der Waals surface area contributed by atoms with Crippen LogP contribution in [0.2, 0.25) is 0 Å². The lowest BCUT2D eigenvalue weighted by molar-refractivity contribution is 0.356. The Morgan fingerprint density at radius 3 is 2.24 bits per heavy atom. The highest BCUT2D eigenvalue weighted by Gasteiger charge is 2.14. The molecule has 1 unspecified atom stereocenters. The van der Waals surface area contributed by atoms with Crippen molar-refractivity contribution < 1.29 is 0 Å². The van der Waals surface area contributed by atoms with Crippen LogP contribution in [0.1, 0.15) is 44.2 Å². The van der Waals surface area contributed by atoms with Gasteiger partial charge in [-0.05, 0) is 49.3 Å². The molecule has 1 atom stereocenters. The van der Waals surface area contributed by atoms with Crippen molar-refractivity contribution in [3.05, 3.63) is 35.4 Å². The van der Waals surface area contributed by atoms with Crippen LogP contribution >= 0.6 is 0 Å². The molecule has 0 amide bonds. The van der Waals surface area contributed by atoms with Gasteiger partial charge in [-0.25, -0.2) is 0 Å². The molecule has 0 fully saturated rings. The second-order valence-corrected chi connectivity index (χ2v) is 5.15. The van der Waals surface area contributed by atoms with E-state index in [2.05, 4.69) is 45.0 Å². The highest BCUT2D eigenvalue weighted by atomic mass is 14.5. The molecule has 0 saturated carbocycles. The van der Waals surface area contributed by atoms with Gasteiger partial charge < -0.3 is 5.73 Å². The van der Waals surface area contributed by atoms with Crippen LogP contribution in [0, 0.1) is 18.8 Å². The number of rotatable bonds is 7.